The maximum Gasteiger partial charge on any atom is 0.341 e. The van der Waals surface area contributed by atoms with Crippen LogP contribution < -0.4 is 14.2 Å². The van der Waals surface area contributed by atoms with Crippen LogP contribution in [-0.2, 0) is 28.6 Å². The van der Waals surface area contributed by atoms with Crippen molar-refractivity contribution in [1.82, 2.24) is 0 Å². The Labute approximate surface area is 248 Å². The van der Waals surface area contributed by atoms with Crippen LogP contribution in [0.1, 0.15) is 0 Å². The van der Waals surface area contributed by atoms with Crippen molar-refractivity contribution >= 4 is 17.9 Å². The second kappa shape index (κ2) is 15.4. The molecule has 0 aromatic heterocycles. The van der Waals surface area contributed by atoms with E-state index in [1.54, 1.807) is 24.3 Å². The molecule has 0 saturated carbocycles. The molecule has 0 amide bonds. The summed E-state index contributed by atoms with van der Waals surface area (Å²) in [4.78, 5) is 37.0. The molecule has 0 aliphatic carbocycles. The van der Waals surface area contributed by atoms with Crippen LogP contribution in [0, 0.1) is 5.82 Å². The molecule has 0 aliphatic rings. The van der Waals surface area contributed by atoms with Crippen molar-refractivity contribution in [1.29, 1.82) is 0 Å². The maximum atomic E-state index is 15.6. The summed E-state index contributed by atoms with van der Waals surface area (Å²) < 4.78 is 46.5. The standard InChI is InChI=1S/C33H31FO9/c1-20(17-38-4)31(35)41-25-11-7-23(8-12-25)27-16-30(43-33(37)22(3)19-40-6)28(15-29(27)34)24-9-13-26(14-10-24)42-32(36)21(2)18-39-5/h7-16H,1-3,17-19H2,4-6H3. The van der Waals surface area contributed by atoms with Crippen LogP contribution >= 0.6 is 0 Å². The van der Waals surface area contributed by atoms with Gasteiger partial charge in [0.15, 0.2) is 0 Å². The van der Waals surface area contributed by atoms with E-state index >= 15 is 4.39 Å². The third kappa shape index (κ3) is 8.79. The largest absolute Gasteiger partial charge is 0.423 e. The summed E-state index contributed by atoms with van der Waals surface area (Å²) in [6.45, 7) is 10.9. The van der Waals surface area contributed by atoms with Crippen LogP contribution in [0.5, 0.6) is 17.2 Å². The van der Waals surface area contributed by atoms with Crippen molar-refractivity contribution in [3.8, 4) is 39.5 Å². The molecule has 0 radical (unpaired) electrons. The van der Waals surface area contributed by atoms with Gasteiger partial charge < -0.3 is 28.4 Å². The van der Waals surface area contributed by atoms with Gasteiger partial charge in [0.1, 0.15) is 23.1 Å². The molecule has 10 heteroatoms. The Morgan fingerprint density at radius 3 is 1.35 bits per heavy atom. The lowest BCUT2D eigenvalue weighted by atomic mass is 9.98. The molecule has 43 heavy (non-hydrogen) atoms. The van der Waals surface area contributed by atoms with Crippen LogP contribution in [-0.4, -0.2) is 59.1 Å². The van der Waals surface area contributed by atoms with E-state index in [0.29, 0.717) is 11.1 Å². The van der Waals surface area contributed by atoms with Gasteiger partial charge in [0, 0.05) is 32.5 Å². The molecule has 3 aromatic carbocycles. The van der Waals surface area contributed by atoms with Crippen LogP contribution in [0.3, 0.4) is 0 Å². The lowest BCUT2D eigenvalue weighted by Crippen LogP contribution is -2.14. The predicted molar refractivity (Wildman–Crippen MR) is 157 cm³/mol. The van der Waals surface area contributed by atoms with Gasteiger partial charge in [-0.05, 0) is 47.5 Å². The fourth-order valence-corrected chi connectivity index (χ4v) is 3.72. The molecular formula is C33H31FO9. The molecule has 0 aliphatic heterocycles. The number of carbonyl (C=O) groups is 3. The summed E-state index contributed by atoms with van der Waals surface area (Å²) in [7, 11) is 4.27. The summed E-state index contributed by atoms with van der Waals surface area (Å²) in [5.74, 6) is -2.20. The van der Waals surface area contributed by atoms with Gasteiger partial charge in [-0.1, -0.05) is 44.0 Å². The number of methoxy groups -OCH3 is 3. The van der Waals surface area contributed by atoms with Gasteiger partial charge in [0.2, 0.25) is 0 Å². The van der Waals surface area contributed by atoms with Crippen molar-refractivity contribution < 1.29 is 47.2 Å². The Morgan fingerprint density at radius 1 is 0.581 bits per heavy atom. The van der Waals surface area contributed by atoms with Gasteiger partial charge in [-0.15, -0.1) is 0 Å². The van der Waals surface area contributed by atoms with E-state index in [1.807, 2.05) is 0 Å². The molecule has 0 atom stereocenters. The molecule has 0 fully saturated rings. The zero-order valence-corrected chi connectivity index (χ0v) is 24.1. The van der Waals surface area contributed by atoms with Crippen molar-refractivity contribution in [2.24, 2.45) is 0 Å². The highest BCUT2D eigenvalue weighted by atomic mass is 19.1. The first-order chi connectivity index (χ1) is 20.6. The van der Waals surface area contributed by atoms with Gasteiger partial charge in [0.05, 0.1) is 36.5 Å². The first-order valence-electron chi connectivity index (χ1n) is 12.8. The molecular weight excluding hydrogens is 559 g/mol. The molecule has 0 unspecified atom stereocenters. The molecule has 0 saturated heterocycles. The highest BCUT2D eigenvalue weighted by molar-refractivity contribution is 5.92. The van der Waals surface area contributed by atoms with E-state index in [1.165, 1.54) is 57.7 Å². The minimum atomic E-state index is -0.763. The van der Waals surface area contributed by atoms with E-state index < -0.39 is 23.7 Å². The van der Waals surface area contributed by atoms with Crippen molar-refractivity contribution in [3.05, 3.63) is 103 Å². The number of ether oxygens (including phenoxy) is 6. The minimum absolute atomic E-state index is 0.0175. The lowest BCUT2D eigenvalue weighted by molar-refractivity contribution is -0.131. The maximum absolute atomic E-state index is 15.6. The Bertz CT molecular complexity index is 1520. The second-order valence-electron chi connectivity index (χ2n) is 9.16. The van der Waals surface area contributed by atoms with Crippen molar-refractivity contribution in [2.45, 2.75) is 0 Å². The van der Waals surface area contributed by atoms with E-state index in [2.05, 4.69) is 19.7 Å². The first kappa shape index (κ1) is 32.6. The number of carbonyl (C=O) groups excluding carboxylic acids is 3. The first-order valence-corrected chi connectivity index (χ1v) is 12.8. The summed E-state index contributed by atoms with van der Waals surface area (Å²) in [5, 5.41) is 0. The summed E-state index contributed by atoms with van der Waals surface area (Å²) >= 11 is 0. The predicted octanol–water partition coefficient (Wildman–Crippen LogP) is 5.48. The van der Waals surface area contributed by atoms with Gasteiger partial charge in [0.25, 0.3) is 0 Å². The number of hydrogen-bond acceptors (Lipinski definition) is 9. The van der Waals surface area contributed by atoms with Crippen molar-refractivity contribution in [3.63, 3.8) is 0 Å². The Hall–Kier alpha value is -4.90. The molecule has 0 N–H and O–H groups in total. The summed E-state index contributed by atoms with van der Waals surface area (Å²) in [6, 6.07) is 14.9. The quantitative estimate of drug-likeness (QED) is 0.137. The third-order valence-electron chi connectivity index (χ3n) is 5.85. The fraction of sp³-hybridized carbons (Fsp3) is 0.182. The molecule has 0 bridgehead atoms. The lowest BCUT2D eigenvalue weighted by Gasteiger charge is -2.15. The highest BCUT2D eigenvalue weighted by Crippen LogP contribution is 2.38. The summed E-state index contributed by atoms with van der Waals surface area (Å²) in [5.41, 5.74) is 1.59. The van der Waals surface area contributed by atoms with E-state index in [4.69, 9.17) is 28.4 Å². The van der Waals surface area contributed by atoms with Crippen LogP contribution in [0.4, 0.5) is 4.39 Å². The van der Waals surface area contributed by atoms with Crippen LogP contribution in [0.15, 0.2) is 97.1 Å². The monoisotopic (exact) mass is 590 g/mol. The average Bonchev–Trinajstić information content (AvgIpc) is 2.99. The fourth-order valence-electron chi connectivity index (χ4n) is 3.72. The average molecular weight is 591 g/mol. The van der Waals surface area contributed by atoms with Crippen LogP contribution in [0.2, 0.25) is 0 Å². The minimum Gasteiger partial charge on any atom is -0.423 e. The molecule has 224 valence electrons. The molecule has 9 nitrogen and oxygen atoms in total. The second-order valence-corrected chi connectivity index (χ2v) is 9.16. The molecule has 0 spiro atoms. The number of halogens is 1. The number of benzene rings is 3. The number of rotatable bonds is 14. The molecule has 3 rings (SSSR count). The topological polar surface area (TPSA) is 107 Å². The zero-order chi connectivity index (χ0) is 31.5. The van der Waals surface area contributed by atoms with Gasteiger partial charge in [-0.25, -0.2) is 18.8 Å². The molecule has 3 aromatic rings. The smallest absolute Gasteiger partial charge is 0.341 e. The Kier molecular flexibility index (Phi) is 11.7. The van der Waals surface area contributed by atoms with Crippen LogP contribution in [0.25, 0.3) is 22.3 Å². The zero-order valence-electron chi connectivity index (χ0n) is 24.1. The number of hydrogen-bond donors (Lipinski definition) is 0. The molecule has 0 heterocycles. The summed E-state index contributed by atoms with van der Waals surface area (Å²) in [6.07, 6.45) is 0. The van der Waals surface area contributed by atoms with Gasteiger partial charge in [-0.2, -0.15) is 0 Å². The van der Waals surface area contributed by atoms with Gasteiger partial charge in [-0.3, -0.25) is 0 Å². The van der Waals surface area contributed by atoms with E-state index in [0.717, 1.165) is 0 Å². The third-order valence-corrected chi connectivity index (χ3v) is 5.85. The Balaban J connectivity index is 1.95. The normalized spacial score (nSPS) is 10.5. The Morgan fingerprint density at radius 2 is 0.953 bits per heavy atom. The van der Waals surface area contributed by atoms with Crippen molar-refractivity contribution in [2.75, 3.05) is 41.2 Å². The van der Waals surface area contributed by atoms with E-state index in [-0.39, 0.29) is 64.9 Å². The van der Waals surface area contributed by atoms with Gasteiger partial charge >= 0.3 is 17.9 Å². The van der Waals surface area contributed by atoms with E-state index in [9.17, 15) is 14.4 Å². The highest BCUT2D eigenvalue weighted by Gasteiger charge is 2.19. The number of esters is 3. The SMILES string of the molecule is C=C(COC)C(=O)Oc1ccc(-c2cc(OC(=O)C(=C)COC)c(-c3ccc(OC(=O)C(=C)COC)cc3)cc2F)cc1.